The molecule has 2 aromatic carbocycles. The van der Waals surface area contributed by atoms with Gasteiger partial charge in [0.1, 0.15) is 0 Å². The molecule has 0 spiro atoms. The van der Waals surface area contributed by atoms with Gasteiger partial charge in [0.25, 0.3) is 10.0 Å². The van der Waals surface area contributed by atoms with E-state index in [1.807, 2.05) is 0 Å². The molecule has 0 aliphatic rings. The van der Waals surface area contributed by atoms with E-state index in [1.165, 1.54) is 18.2 Å². The van der Waals surface area contributed by atoms with E-state index in [1.54, 1.807) is 24.3 Å². The lowest BCUT2D eigenvalue weighted by molar-refractivity contribution is 0.601. The fourth-order valence-corrected chi connectivity index (χ4v) is 3.97. The van der Waals surface area contributed by atoms with Crippen molar-refractivity contribution in [2.75, 3.05) is 4.72 Å². The van der Waals surface area contributed by atoms with Gasteiger partial charge in [-0.25, -0.2) is 8.42 Å². The van der Waals surface area contributed by atoms with Gasteiger partial charge in [-0.05, 0) is 36.4 Å². The van der Waals surface area contributed by atoms with Gasteiger partial charge in [0.2, 0.25) is 0 Å². The van der Waals surface area contributed by atoms with Crippen molar-refractivity contribution in [1.29, 1.82) is 0 Å². The Morgan fingerprint density at radius 3 is 2.71 bits per heavy atom. The average Bonchev–Trinajstić information content (AvgIpc) is 2.77. The average molecular weight is 341 g/mol. The minimum Gasteiger partial charge on any atom is -0.312 e. The number of halogens is 1. The number of aromatic amines is 1. The summed E-state index contributed by atoms with van der Waals surface area (Å²) in [5.41, 5.74) is 0.997. The lowest BCUT2D eigenvalue weighted by atomic mass is 10.3. The number of sulfonamides is 1. The Morgan fingerprint density at radius 1 is 1.14 bits per heavy atom. The number of nitrogens with one attached hydrogen (secondary N) is 2. The van der Waals surface area contributed by atoms with Crippen LogP contribution < -0.4 is 9.60 Å². The van der Waals surface area contributed by atoms with Gasteiger partial charge in [-0.1, -0.05) is 29.0 Å². The zero-order valence-corrected chi connectivity index (χ0v) is 12.8. The lowest BCUT2D eigenvalue weighted by Crippen LogP contribution is -2.12. The number of thiazole rings is 1. The Kier molecular flexibility index (Phi) is 3.48. The second-order valence-electron chi connectivity index (χ2n) is 4.29. The first kappa shape index (κ1) is 14.1. The second kappa shape index (κ2) is 5.18. The van der Waals surface area contributed by atoms with Crippen molar-refractivity contribution in [3.05, 3.63) is 57.2 Å². The number of hydrogen-bond acceptors (Lipinski definition) is 4. The number of anilines is 1. The maximum absolute atomic E-state index is 12.3. The summed E-state index contributed by atoms with van der Waals surface area (Å²) < 4.78 is 27.7. The highest BCUT2D eigenvalue weighted by molar-refractivity contribution is 7.92. The van der Waals surface area contributed by atoms with Crippen LogP contribution in [-0.2, 0) is 10.0 Å². The Morgan fingerprint density at radius 2 is 1.95 bits per heavy atom. The van der Waals surface area contributed by atoms with E-state index in [-0.39, 0.29) is 9.77 Å². The summed E-state index contributed by atoms with van der Waals surface area (Å²) in [5, 5.41) is 0.439. The van der Waals surface area contributed by atoms with Crippen molar-refractivity contribution >= 4 is 48.9 Å². The number of fused-ring (bicyclic) bond motifs is 1. The Balaban J connectivity index is 2.01. The first-order valence-corrected chi connectivity index (χ1v) is 8.53. The van der Waals surface area contributed by atoms with Gasteiger partial charge in [0.05, 0.1) is 20.8 Å². The topological polar surface area (TPSA) is 79.0 Å². The van der Waals surface area contributed by atoms with E-state index in [9.17, 15) is 13.2 Å². The maximum Gasteiger partial charge on any atom is 0.305 e. The summed E-state index contributed by atoms with van der Waals surface area (Å²) in [6, 6.07) is 10.9. The summed E-state index contributed by atoms with van der Waals surface area (Å²) in [6.07, 6.45) is 0. The van der Waals surface area contributed by atoms with Crippen molar-refractivity contribution in [3.8, 4) is 0 Å². The zero-order valence-electron chi connectivity index (χ0n) is 10.5. The van der Waals surface area contributed by atoms with Gasteiger partial charge < -0.3 is 4.98 Å². The van der Waals surface area contributed by atoms with Crippen molar-refractivity contribution in [2.24, 2.45) is 0 Å². The van der Waals surface area contributed by atoms with Crippen LogP contribution in [0.4, 0.5) is 5.69 Å². The monoisotopic (exact) mass is 340 g/mol. The molecule has 0 amide bonds. The van der Waals surface area contributed by atoms with Gasteiger partial charge in [0.15, 0.2) is 0 Å². The largest absolute Gasteiger partial charge is 0.312 e. The van der Waals surface area contributed by atoms with Crippen molar-refractivity contribution < 1.29 is 8.42 Å². The first-order chi connectivity index (χ1) is 9.94. The summed E-state index contributed by atoms with van der Waals surface area (Å²) in [4.78, 5) is 13.8. The molecule has 0 bridgehead atoms. The number of benzene rings is 2. The van der Waals surface area contributed by atoms with E-state index in [2.05, 4.69) is 9.71 Å². The summed E-state index contributed by atoms with van der Waals surface area (Å²) in [7, 11) is -3.73. The van der Waals surface area contributed by atoms with Crippen molar-refractivity contribution in [3.63, 3.8) is 0 Å². The standard InChI is InChI=1S/C13H9ClN2O3S2/c14-8-2-1-3-9(6-8)16-21(18,19)10-4-5-11-12(7-10)20-13(17)15-11/h1-7,16H,(H,15,17). The van der Waals surface area contributed by atoms with E-state index >= 15 is 0 Å². The highest BCUT2D eigenvalue weighted by Crippen LogP contribution is 2.23. The fraction of sp³-hybridized carbons (Fsp3) is 0. The molecule has 0 aliphatic heterocycles. The molecule has 0 atom stereocenters. The van der Waals surface area contributed by atoms with Gasteiger partial charge in [-0.2, -0.15) is 0 Å². The number of H-pyrrole nitrogens is 1. The molecule has 0 radical (unpaired) electrons. The molecule has 0 fully saturated rings. The SMILES string of the molecule is O=c1[nH]c2ccc(S(=O)(=O)Nc3cccc(Cl)c3)cc2s1. The van der Waals surface area contributed by atoms with Crippen LogP contribution in [0.15, 0.2) is 52.2 Å². The second-order valence-corrected chi connectivity index (χ2v) is 7.42. The predicted molar refractivity (Wildman–Crippen MR) is 84.7 cm³/mol. The molecule has 0 saturated heterocycles. The minimum atomic E-state index is -3.73. The third-order valence-electron chi connectivity index (χ3n) is 2.78. The van der Waals surface area contributed by atoms with E-state index in [4.69, 9.17) is 11.6 Å². The van der Waals surface area contributed by atoms with Crippen LogP contribution >= 0.6 is 22.9 Å². The molecule has 2 N–H and O–H groups in total. The van der Waals surface area contributed by atoms with Gasteiger partial charge >= 0.3 is 4.87 Å². The van der Waals surface area contributed by atoms with Crippen LogP contribution in [-0.4, -0.2) is 13.4 Å². The smallest absolute Gasteiger partial charge is 0.305 e. The first-order valence-electron chi connectivity index (χ1n) is 5.85. The molecule has 21 heavy (non-hydrogen) atoms. The Bertz CT molecular complexity index is 976. The van der Waals surface area contributed by atoms with Crippen LogP contribution in [0.1, 0.15) is 0 Å². The predicted octanol–water partition coefficient (Wildman–Crippen LogP) is 3.04. The highest BCUT2D eigenvalue weighted by Gasteiger charge is 2.15. The van der Waals surface area contributed by atoms with Gasteiger partial charge in [-0.15, -0.1) is 0 Å². The fourth-order valence-electron chi connectivity index (χ4n) is 1.86. The summed E-state index contributed by atoms with van der Waals surface area (Å²) in [5.74, 6) is 0. The number of aromatic nitrogens is 1. The molecule has 0 unspecified atom stereocenters. The third-order valence-corrected chi connectivity index (χ3v) is 5.24. The molecule has 1 aromatic heterocycles. The van der Waals surface area contributed by atoms with Gasteiger partial charge in [0, 0.05) is 5.02 Å². The van der Waals surface area contributed by atoms with Crippen LogP contribution in [0, 0.1) is 0 Å². The minimum absolute atomic E-state index is 0.0882. The van der Waals surface area contributed by atoms with Crippen LogP contribution in [0.25, 0.3) is 10.2 Å². The molecular formula is C13H9ClN2O3S2. The van der Waals surface area contributed by atoms with Crippen molar-refractivity contribution in [1.82, 2.24) is 4.98 Å². The maximum atomic E-state index is 12.3. The van der Waals surface area contributed by atoms with Crippen LogP contribution in [0.3, 0.4) is 0 Å². The molecule has 3 aromatic rings. The molecule has 1 heterocycles. The van der Waals surface area contributed by atoms with E-state index in [0.717, 1.165) is 11.3 Å². The molecule has 0 aliphatic carbocycles. The zero-order chi connectivity index (χ0) is 15.0. The number of rotatable bonds is 3. The molecule has 5 nitrogen and oxygen atoms in total. The van der Waals surface area contributed by atoms with E-state index < -0.39 is 10.0 Å². The molecule has 0 saturated carbocycles. The van der Waals surface area contributed by atoms with Crippen LogP contribution in [0.5, 0.6) is 0 Å². The third kappa shape index (κ3) is 2.94. The molecule has 108 valence electrons. The highest BCUT2D eigenvalue weighted by atomic mass is 35.5. The summed E-state index contributed by atoms with van der Waals surface area (Å²) in [6.45, 7) is 0. The van der Waals surface area contributed by atoms with Gasteiger partial charge in [-0.3, -0.25) is 9.52 Å². The van der Waals surface area contributed by atoms with Crippen LogP contribution in [0.2, 0.25) is 5.02 Å². The Hall–Kier alpha value is -1.83. The van der Waals surface area contributed by atoms with Crippen molar-refractivity contribution in [2.45, 2.75) is 4.90 Å². The van der Waals surface area contributed by atoms with E-state index in [0.29, 0.717) is 20.9 Å². The Labute approximate surface area is 129 Å². The summed E-state index contributed by atoms with van der Waals surface area (Å²) >= 11 is 6.80. The number of hydrogen-bond donors (Lipinski definition) is 2. The lowest BCUT2D eigenvalue weighted by Gasteiger charge is -2.08. The normalized spacial score (nSPS) is 11.7. The molecular weight excluding hydrogens is 332 g/mol. The molecule has 8 heteroatoms. The molecule has 3 rings (SSSR count). The quantitative estimate of drug-likeness (QED) is 0.769.